The van der Waals surface area contributed by atoms with Crippen LogP contribution < -0.4 is 10.6 Å². The quantitative estimate of drug-likeness (QED) is 0.546. The molecule has 1 aliphatic heterocycles. The molecule has 142 valence electrons. The van der Waals surface area contributed by atoms with Gasteiger partial charge in [-0.1, -0.05) is 12.1 Å². The second kappa shape index (κ2) is 6.61. The van der Waals surface area contributed by atoms with Crippen LogP contribution in [-0.4, -0.2) is 49.2 Å². The summed E-state index contributed by atoms with van der Waals surface area (Å²) < 4.78 is 7.24. The Labute approximate surface area is 161 Å². The molecule has 4 heterocycles. The van der Waals surface area contributed by atoms with E-state index in [2.05, 4.69) is 54.4 Å². The van der Waals surface area contributed by atoms with Crippen molar-refractivity contribution in [1.82, 2.24) is 29.9 Å². The van der Waals surface area contributed by atoms with E-state index in [4.69, 9.17) is 10.5 Å². The minimum Gasteiger partial charge on any atom is -0.377 e. The lowest BCUT2D eigenvalue weighted by Gasteiger charge is -2.38. The van der Waals surface area contributed by atoms with Gasteiger partial charge in [-0.3, -0.25) is 9.78 Å². The molecule has 0 atom stereocenters. The van der Waals surface area contributed by atoms with Crippen LogP contribution in [0.15, 0.2) is 42.9 Å². The lowest BCUT2D eigenvalue weighted by atomic mass is 10.1. The number of hydrogen-bond acceptors (Lipinski definition) is 7. The second-order valence-electron chi connectivity index (χ2n) is 6.94. The Hall–Kier alpha value is -3.46. The van der Waals surface area contributed by atoms with Crippen LogP contribution in [0, 0.1) is 0 Å². The van der Waals surface area contributed by atoms with Crippen LogP contribution in [0.4, 0.5) is 17.3 Å². The highest BCUT2D eigenvalue weighted by molar-refractivity contribution is 5.78. The standard InChI is InChI=1S/C19H20N8O/c1-26-9-14(7-22-26)27(15-10-28-11-15)13-4-2-3-12(5-13)6-17-16-8-21-25-18(16)24-19(20)23-17/h2-5,7-9,15H,6,10-11H2,1H3,(H3,20,21,23,24,25). The summed E-state index contributed by atoms with van der Waals surface area (Å²) in [4.78, 5) is 10.9. The first-order valence-electron chi connectivity index (χ1n) is 9.07. The van der Waals surface area contributed by atoms with Gasteiger partial charge in [-0.25, -0.2) is 4.98 Å². The molecule has 3 N–H and O–H groups in total. The Morgan fingerprint density at radius 3 is 2.89 bits per heavy atom. The SMILES string of the molecule is Cn1cc(N(c2cccc(Cc3nc(N)nc4[nH]ncc34)c2)C2COC2)cn1. The molecule has 3 aromatic heterocycles. The minimum absolute atomic E-state index is 0.242. The molecular weight excluding hydrogens is 356 g/mol. The molecule has 9 nitrogen and oxygen atoms in total. The molecular formula is C19H20N8O. The predicted octanol–water partition coefficient (Wildman–Crippen LogP) is 1.80. The van der Waals surface area contributed by atoms with Gasteiger partial charge in [-0.15, -0.1) is 0 Å². The number of anilines is 3. The van der Waals surface area contributed by atoms with Crippen molar-refractivity contribution < 1.29 is 4.74 Å². The van der Waals surface area contributed by atoms with E-state index in [0.29, 0.717) is 31.3 Å². The molecule has 28 heavy (non-hydrogen) atoms. The van der Waals surface area contributed by atoms with Crippen LogP contribution in [0.3, 0.4) is 0 Å². The van der Waals surface area contributed by atoms with Crippen LogP contribution in [0.2, 0.25) is 0 Å². The number of benzene rings is 1. The lowest BCUT2D eigenvalue weighted by molar-refractivity contribution is 0.0123. The monoisotopic (exact) mass is 376 g/mol. The van der Waals surface area contributed by atoms with E-state index in [0.717, 1.165) is 28.0 Å². The van der Waals surface area contributed by atoms with Crippen LogP contribution >= 0.6 is 0 Å². The average Bonchev–Trinajstić information content (AvgIpc) is 3.27. The van der Waals surface area contributed by atoms with Gasteiger partial charge in [0.1, 0.15) is 0 Å². The number of fused-ring (bicyclic) bond motifs is 1. The van der Waals surface area contributed by atoms with Crippen molar-refractivity contribution in [2.75, 3.05) is 23.8 Å². The van der Waals surface area contributed by atoms with Crippen molar-refractivity contribution in [2.24, 2.45) is 7.05 Å². The summed E-state index contributed by atoms with van der Waals surface area (Å²) in [6.45, 7) is 1.41. The van der Waals surface area contributed by atoms with Crippen molar-refractivity contribution in [3.8, 4) is 0 Å². The Bertz CT molecular complexity index is 1130. The maximum atomic E-state index is 5.86. The molecule has 0 unspecified atom stereocenters. The van der Waals surface area contributed by atoms with E-state index in [9.17, 15) is 0 Å². The summed E-state index contributed by atoms with van der Waals surface area (Å²) in [5.41, 5.74) is 10.7. The molecule has 1 fully saturated rings. The van der Waals surface area contributed by atoms with Gasteiger partial charge in [-0.2, -0.15) is 15.2 Å². The third-order valence-electron chi connectivity index (χ3n) is 4.92. The molecule has 0 amide bonds. The van der Waals surface area contributed by atoms with Gasteiger partial charge in [0.05, 0.1) is 48.4 Å². The van der Waals surface area contributed by atoms with Crippen LogP contribution in [0.25, 0.3) is 11.0 Å². The maximum Gasteiger partial charge on any atom is 0.222 e. The Kier molecular flexibility index (Phi) is 3.94. The molecule has 0 bridgehead atoms. The van der Waals surface area contributed by atoms with Crippen LogP contribution in [-0.2, 0) is 18.2 Å². The molecule has 0 radical (unpaired) electrons. The molecule has 1 aliphatic rings. The third-order valence-corrected chi connectivity index (χ3v) is 4.92. The Morgan fingerprint density at radius 1 is 1.25 bits per heavy atom. The zero-order valence-electron chi connectivity index (χ0n) is 15.4. The van der Waals surface area contributed by atoms with E-state index in [1.165, 1.54) is 0 Å². The summed E-state index contributed by atoms with van der Waals surface area (Å²) in [5, 5.41) is 12.1. The van der Waals surface area contributed by atoms with Gasteiger partial charge in [0, 0.05) is 25.4 Å². The second-order valence-corrected chi connectivity index (χ2v) is 6.94. The molecule has 1 saturated heterocycles. The highest BCUT2D eigenvalue weighted by Gasteiger charge is 2.28. The summed E-state index contributed by atoms with van der Waals surface area (Å²) in [6, 6.07) is 8.73. The Morgan fingerprint density at radius 2 is 2.14 bits per heavy atom. The zero-order chi connectivity index (χ0) is 19.1. The van der Waals surface area contributed by atoms with Crippen molar-refractivity contribution in [2.45, 2.75) is 12.5 Å². The van der Waals surface area contributed by atoms with Gasteiger partial charge in [-0.05, 0) is 17.7 Å². The van der Waals surface area contributed by atoms with Gasteiger partial charge in [0.15, 0.2) is 5.65 Å². The summed E-state index contributed by atoms with van der Waals surface area (Å²) in [7, 11) is 1.92. The van der Waals surface area contributed by atoms with Crippen molar-refractivity contribution in [3.63, 3.8) is 0 Å². The average molecular weight is 376 g/mol. The first kappa shape index (κ1) is 16.7. The number of hydrogen-bond donors (Lipinski definition) is 2. The van der Waals surface area contributed by atoms with E-state index >= 15 is 0 Å². The number of H-pyrrole nitrogens is 1. The van der Waals surface area contributed by atoms with E-state index in [1.807, 2.05) is 24.1 Å². The van der Waals surface area contributed by atoms with Gasteiger partial charge in [0.2, 0.25) is 5.95 Å². The highest BCUT2D eigenvalue weighted by Crippen LogP contribution is 2.31. The first-order valence-corrected chi connectivity index (χ1v) is 9.07. The maximum absolute atomic E-state index is 5.86. The number of aromatic amines is 1. The van der Waals surface area contributed by atoms with Crippen LogP contribution in [0.1, 0.15) is 11.3 Å². The third kappa shape index (κ3) is 2.95. The number of ether oxygens (including phenoxy) is 1. The minimum atomic E-state index is 0.242. The molecule has 5 rings (SSSR count). The largest absolute Gasteiger partial charge is 0.377 e. The van der Waals surface area contributed by atoms with Gasteiger partial charge in [0.25, 0.3) is 0 Å². The smallest absolute Gasteiger partial charge is 0.222 e. The number of aromatic nitrogens is 6. The van der Waals surface area contributed by atoms with Crippen molar-refractivity contribution in [1.29, 1.82) is 0 Å². The molecule has 0 aliphatic carbocycles. The van der Waals surface area contributed by atoms with Gasteiger partial charge >= 0.3 is 0 Å². The fourth-order valence-electron chi connectivity index (χ4n) is 3.53. The number of aryl methyl sites for hydroxylation is 1. The van der Waals surface area contributed by atoms with Gasteiger partial charge < -0.3 is 15.4 Å². The summed E-state index contributed by atoms with van der Waals surface area (Å²) >= 11 is 0. The number of nitrogens with zero attached hydrogens (tertiary/aromatic N) is 6. The zero-order valence-corrected chi connectivity index (χ0v) is 15.4. The number of rotatable bonds is 5. The Balaban J connectivity index is 1.50. The fraction of sp³-hybridized carbons (Fsp3) is 0.263. The van der Waals surface area contributed by atoms with E-state index in [-0.39, 0.29) is 5.95 Å². The predicted molar refractivity (Wildman–Crippen MR) is 105 cm³/mol. The molecule has 1 aromatic carbocycles. The number of nitrogens with two attached hydrogens (primary N) is 1. The van der Waals surface area contributed by atoms with Crippen molar-refractivity contribution in [3.05, 3.63) is 54.1 Å². The van der Waals surface area contributed by atoms with Crippen LogP contribution in [0.5, 0.6) is 0 Å². The molecule has 0 spiro atoms. The topological polar surface area (TPSA) is 111 Å². The number of nitrogens with one attached hydrogen (secondary N) is 1. The summed E-state index contributed by atoms with van der Waals surface area (Å²) in [5.74, 6) is 0.242. The first-order chi connectivity index (χ1) is 13.7. The summed E-state index contributed by atoms with van der Waals surface area (Å²) in [6.07, 6.45) is 6.27. The lowest BCUT2D eigenvalue weighted by Crippen LogP contribution is -2.46. The fourth-order valence-corrected chi connectivity index (χ4v) is 3.53. The normalized spacial score (nSPS) is 14.3. The molecule has 9 heteroatoms. The molecule has 4 aromatic rings. The van der Waals surface area contributed by atoms with E-state index in [1.54, 1.807) is 6.20 Å². The van der Waals surface area contributed by atoms with Crippen molar-refractivity contribution >= 4 is 28.4 Å². The number of nitrogen functional groups attached to an aromatic ring is 1. The highest BCUT2D eigenvalue weighted by atomic mass is 16.5. The molecule has 0 saturated carbocycles. The van der Waals surface area contributed by atoms with E-state index < -0.39 is 0 Å².